The fraction of sp³-hybridized carbons (Fsp3) is 0.556. The fourth-order valence-electron chi connectivity index (χ4n) is 1.85. The zero-order chi connectivity index (χ0) is 12.6. The summed E-state index contributed by atoms with van der Waals surface area (Å²) in [6, 6.07) is 1.40. The first-order chi connectivity index (χ1) is 7.95. The van der Waals surface area contributed by atoms with Gasteiger partial charge in [0, 0.05) is 13.1 Å². The summed E-state index contributed by atoms with van der Waals surface area (Å²) in [6.45, 7) is 1.46. The van der Waals surface area contributed by atoms with E-state index in [2.05, 4.69) is 0 Å². The molecule has 1 aromatic heterocycles. The lowest BCUT2D eigenvalue weighted by atomic mass is 10.1. The van der Waals surface area contributed by atoms with E-state index in [1.54, 1.807) is 0 Å². The molecule has 2 heterocycles. The molecule has 1 aliphatic rings. The van der Waals surface area contributed by atoms with Crippen LogP contribution in [0.2, 0.25) is 8.67 Å². The number of halogens is 2. The summed E-state index contributed by atoms with van der Waals surface area (Å²) in [7, 11) is -3.52. The van der Waals surface area contributed by atoms with E-state index in [0.29, 0.717) is 24.0 Å². The van der Waals surface area contributed by atoms with Crippen molar-refractivity contribution in [1.82, 2.24) is 4.31 Å². The molecule has 0 aromatic carbocycles. The molecule has 4 nitrogen and oxygen atoms in total. The van der Waals surface area contributed by atoms with Crippen molar-refractivity contribution >= 4 is 44.6 Å². The van der Waals surface area contributed by atoms with Crippen LogP contribution in [0.25, 0.3) is 0 Å². The summed E-state index contributed by atoms with van der Waals surface area (Å²) in [4.78, 5) is 0.104. The average molecular weight is 315 g/mol. The maximum Gasteiger partial charge on any atom is 0.245 e. The zero-order valence-electron chi connectivity index (χ0n) is 8.90. The van der Waals surface area contributed by atoms with Gasteiger partial charge in [-0.05, 0) is 24.9 Å². The molecule has 1 aromatic rings. The van der Waals surface area contributed by atoms with Gasteiger partial charge in [-0.3, -0.25) is 0 Å². The van der Waals surface area contributed by atoms with Crippen LogP contribution in [0.3, 0.4) is 0 Å². The molecule has 2 N–H and O–H groups in total. The Labute approximate surface area is 114 Å². The van der Waals surface area contributed by atoms with E-state index in [1.165, 1.54) is 10.4 Å². The highest BCUT2D eigenvalue weighted by Crippen LogP contribution is 2.36. The minimum absolute atomic E-state index is 0.104. The van der Waals surface area contributed by atoms with Crippen molar-refractivity contribution in [1.29, 1.82) is 0 Å². The lowest BCUT2D eigenvalue weighted by Gasteiger charge is -2.15. The van der Waals surface area contributed by atoms with E-state index < -0.39 is 10.0 Å². The average Bonchev–Trinajstić information content (AvgIpc) is 2.85. The van der Waals surface area contributed by atoms with Gasteiger partial charge in [0.05, 0.1) is 4.34 Å². The molecule has 0 spiro atoms. The van der Waals surface area contributed by atoms with E-state index in [9.17, 15) is 8.42 Å². The fourth-order valence-corrected chi connectivity index (χ4v) is 5.49. The Morgan fingerprint density at radius 2 is 2.24 bits per heavy atom. The Morgan fingerprint density at radius 1 is 1.53 bits per heavy atom. The van der Waals surface area contributed by atoms with E-state index in [1.807, 2.05) is 0 Å². The van der Waals surface area contributed by atoms with Gasteiger partial charge in [0.15, 0.2) is 0 Å². The van der Waals surface area contributed by atoms with Crippen LogP contribution in [0, 0.1) is 5.92 Å². The molecule has 8 heteroatoms. The van der Waals surface area contributed by atoms with Crippen molar-refractivity contribution in [3.8, 4) is 0 Å². The number of hydrogen-bond donors (Lipinski definition) is 1. The van der Waals surface area contributed by atoms with Crippen LogP contribution in [0.1, 0.15) is 6.42 Å². The minimum Gasteiger partial charge on any atom is -0.330 e. The van der Waals surface area contributed by atoms with Crippen LogP contribution in [0.4, 0.5) is 0 Å². The van der Waals surface area contributed by atoms with Crippen molar-refractivity contribution < 1.29 is 8.42 Å². The Bertz CT molecular complexity index is 515. The third-order valence-corrected chi connectivity index (χ3v) is 6.44. The van der Waals surface area contributed by atoms with Gasteiger partial charge in [0.2, 0.25) is 10.0 Å². The molecule has 0 saturated carbocycles. The monoisotopic (exact) mass is 314 g/mol. The minimum atomic E-state index is -3.52. The number of rotatable bonds is 3. The summed E-state index contributed by atoms with van der Waals surface area (Å²) in [5.74, 6) is 0.234. The number of thiophene rings is 1. The number of nitrogens with zero attached hydrogens (tertiary/aromatic N) is 1. The molecule has 1 aliphatic heterocycles. The molecule has 96 valence electrons. The quantitative estimate of drug-likeness (QED) is 0.928. The SMILES string of the molecule is NCC1CCN(S(=O)(=O)c2cc(Cl)sc2Cl)C1. The smallest absolute Gasteiger partial charge is 0.245 e. The number of sulfonamides is 1. The van der Waals surface area contributed by atoms with Gasteiger partial charge in [-0.25, -0.2) is 8.42 Å². The third-order valence-electron chi connectivity index (χ3n) is 2.83. The van der Waals surface area contributed by atoms with Crippen molar-refractivity contribution in [2.45, 2.75) is 11.3 Å². The highest BCUT2D eigenvalue weighted by atomic mass is 35.5. The van der Waals surface area contributed by atoms with Crippen LogP contribution in [-0.2, 0) is 10.0 Å². The third kappa shape index (κ3) is 2.62. The van der Waals surface area contributed by atoms with Gasteiger partial charge in [-0.15, -0.1) is 11.3 Å². The normalized spacial score (nSPS) is 22.2. The van der Waals surface area contributed by atoms with E-state index >= 15 is 0 Å². The van der Waals surface area contributed by atoms with E-state index in [4.69, 9.17) is 28.9 Å². The van der Waals surface area contributed by atoms with Crippen molar-refractivity contribution in [3.63, 3.8) is 0 Å². The highest BCUT2D eigenvalue weighted by Gasteiger charge is 2.34. The Balaban J connectivity index is 2.28. The van der Waals surface area contributed by atoms with Crippen LogP contribution >= 0.6 is 34.5 Å². The molecule has 2 rings (SSSR count). The Morgan fingerprint density at radius 3 is 2.71 bits per heavy atom. The molecule has 0 amide bonds. The summed E-state index contributed by atoms with van der Waals surface area (Å²) in [6.07, 6.45) is 0.797. The van der Waals surface area contributed by atoms with Gasteiger partial charge >= 0.3 is 0 Å². The first kappa shape index (κ1) is 13.6. The molecule has 1 saturated heterocycles. The largest absolute Gasteiger partial charge is 0.330 e. The lowest BCUT2D eigenvalue weighted by Crippen LogP contribution is -2.29. The van der Waals surface area contributed by atoms with Gasteiger partial charge in [-0.2, -0.15) is 4.31 Å². The van der Waals surface area contributed by atoms with Gasteiger partial charge in [0.1, 0.15) is 9.23 Å². The second-order valence-electron chi connectivity index (χ2n) is 3.94. The lowest BCUT2D eigenvalue weighted by molar-refractivity contribution is 0.459. The first-order valence-corrected chi connectivity index (χ1v) is 8.11. The molecule has 1 atom stereocenters. The molecular formula is C9H12Cl2N2O2S2. The van der Waals surface area contributed by atoms with Crippen molar-refractivity contribution in [3.05, 3.63) is 14.7 Å². The summed E-state index contributed by atoms with van der Waals surface area (Å²) in [5.41, 5.74) is 5.55. The summed E-state index contributed by atoms with van der Waals surface area (Å²) >= 11 is 12.7. The highest BCUT2D eigenvalue weighted by molar-refractivity contribution is 7.89. The van der Waals surface area contributed by atoms with Gasteiger partial charge in [-0.1, -0.05) is 23.2 Å². The predicted octanol–water partition coefficient (Wildman–Crippen LogP) is 2.02. The Kier molecular flexibility index (Phi) is 4.02. The van der Waals surface area contributed by atoms with Crippen molar-refractivity contribution in [2.75, 3.05) is 19.6 Å². The Hall–Kier alpha value is 0.150. The molecule has 0 aliphatic carbocycles. The predicted molar refractivity (Wildman–Crippen MR) is 70.3 cm³/mol. The van der Waals surface area contributed by atoms with Crippen LogP contribution in [-0.4, -0.2) is 32.4 Å². The van der Waals surface area contributed by atoms with Gasteiger partial charge < -0.3 is 5.73 Å². The van der Waals surface area contributed by atoms with E-state index in [-0.39, 0.29) is 15.1 Å². The topological polar surface area (TPSA) is 63.4 Å². The summed E-state index contributed by atoms with van der Waals surface area (Å²) < 4.78 is 26.6. The standard InChI is InChI=1S/C9H12Cl2N2O2S2/c10-8-3-7(9(11)16-8)17(14,15)13-2-1-6(4-12)5-13/h3,6H,1-2,4-5,12H2. The number of nitrogens with two attached hydrogens (primary N) is 1. The molecule has 1 unspecified atom stereocenters. The van der Waals surface area contributed by atoms with Crippen LogP contribution in [0.15, 0.2) is 11.0 Å². The molecular weight excluding hydrogens is 303 g/mol. The molecule has 0 bridgehead atoms. The van der Waals surface area contributed by atoms with E-state index in [0.717, 1.165) is 17.8 Å². The maximum atomic E-state index is 12.3. The molecule has 17 heavy (non-hydrogen) atoms. The van der Waals surface area contributed by atoms with Crippen LogP contribution in [0.5, 0.6) is 0 Å². The second kappa shape index (κ2) is 5.03. The maximum absolute atomic E-state index is 12.3. The first-order valence-electron chi connectivity index (χ1n) is 5.10. The zero-order valence-corrected chi connectivity index (χ0v) is 12.0. The van der Waals surface area contributed by atoms with Gasteiger partial charge in [0.25, 0.3) is 0 Å². The van der Waals surface area contributed by atoms with Crippen LogP contribution < -0.4 is 5.73 Å². The summed E-state index contributed by atoms with van der Waals surface area (Å²) in [5, 5.41) is 0. The number of hydrogen-bond acceptors (Lipinski definition) is 4. The second-order valence-corrected chi connectivity index (χ2v) is 8.13. The van der Waals surface area contributed by atoms with Crippen molar-refractivity contribution in [2.24, 2.45) is 11.7 Å². The molecule has 0 radical (unpaired) electrons. The molecule has 1 fully saturated rings.